The molecule has 0 aliphatic carbocycles. The molecule has 2 unspecified atom stereocenters. The molecular weight excluding hydrogens is 294 g/mol. The minimum Gasteiger partial charge on any atom is -0.355 e. The SMILES string of the molecule is CS(=O)(=O)NCC1CCCN(C(=O)C2CCC(=O)NC2)C1. The zero-order valence-electron chi connectivity index (χ0n) is 12.3. The van der Waals surface area contributed by atoms with Crippen LogP contribution in [0, 0.1) is 11.8 Å². The minimum atomic E-state index is -3.19. The largest absolute Gasteiger partial charge is 0.355 e. The Labute approximate surface area is 125 Å². The summed E-state index contributed by atoms with van der Waals surface area (Å²) in [5.74, 6) is 0.118. The lowest BCUT2D eigenvalue weighted by atomic mass is 9.93. The number of likely N-dealkylation sites (tertiary alicyclic amines) is 1. The van der Waals surface area contributed by atoms with E-state index < -0.39 is 10.0 Å². The van der Waals surface area contributed by atoms with Gasteiger partial charge in [0, 0.05) is 32.6 Å². The molecule has 2 heterocycles. The van der Waals surface area contributed by atoms with Gasteiger partial charge in [-0.25, -0.2) is 13.1 Å². The monoisotopic (exact) mass is 317 g/mol. The van der Waals surface area contributed by atoms with Crippen molar-refractivity contribution in [2.75, 3.05) is 32.4 Å². The number of carbonyl (C=O) groups excluding carboxylic acids is 2. The molecule has 7 nitrogen and oxygen atoms in total. The Morgan fingerprint density at radius 2 is 2.19 bits per heavy atom. The fourth-order valence-corrected chi connectivity index (χ4v) is 3.44. The molecule has 0 bridgehead atoms. The Bertz CT molecular complexity index is 496. The molecule has 0 radical (unpaired) electrons. The summed E-state index contributed by atoms with van der Waals surface area (Å²) in [6, 6.07) is 0. The number of piperidine rings is 2. The van der Waals surface area contributed by atoms with Gasteiger partial charge >= 0.3 is 0 Å². The summed E-state index contributed by atoms with van der Waals surface area (Å²) >= 11 is 0. The number of carbonyl (C=O) groups is 2. The Kier molecular flexibility index (Phi) is 5.21. The van der Waals surface area contributed by atoms with Crippen LogP contribution in [0.3, 0.4) is 0 Å². The molecule has 2 saturated heterocycles. The Morgan fingerprint density at radius 3 is 2.81 bits per heavy atom. The molecule has 21 heavy (non-hydrogen) atoms. The van der Waals surface area contributed by atoms with E-state index in [9.17, 15) is 18.0 Å². The second-order valence-corrected chi connectivity index (χ2v) is 7.79. The first-order valence-corrected chi connectivity index (χ1v) is 9.24. The first kappa shape index (κ1) is 16.2. The van der Waals surface area contributed by atoms with Crippen molar-refractivity contribution in [3.05, 3.63) is 0 Å². The van der Waals surface area contributed by atoms with E-state index in [0.29, 0.717) is 32.5 Å². The summed E-state index contributed by atoms with van der Waals surface area (Å²) in [5.41, 5.74) is 0. The summed E-state index contributed by atoms with van der Waals surface area (Å²) in [5, 5.41) is 2.73. The van der Waals surface area contributed by atoms with E-state index in [1.807, 2.05) is 4.90 Å². The molecule has 120 valence electrons. The molecule has 2 rings (SSSR count). The summed E-state index contributed by atoms with van der Waals surface area (Å²) in [4.78, 5) is 25.4. The van der Waals surface area contributed by atoms with Gasteiger partial charge in [0.2, 0.25) is 21.8 Å². The second-order valence-electron chi connectivity index (χ2n) is 5.95. The minimum absolute atomic E-state index is 0.00734. The standard InChI is InChI=1S/C13H23N3O4S/c1-21(19,20)15-7-10-3-2-6-16(9-10)13(18)11-4-5-12(17)14-8-11/h10-11,15H,2-9H2,1H3,(H,14,17). The smallest absolute Gasteiger partial charge is 0.227 e. The lowest BCUT2D eigenvalue weighted by Crippen LogP contribution is -2.49. The van der Waals surface area contributed by atoms with Gasteiger partial charge in [0.25, 0.3) is 0 Å². The zero-order valence-corrected chi connectivity index (χ0v) is 13.1. The van der Waals surface area contributed by atoms with E-state index in [1.165, 1.54) is 0 Å². The number of hydrogen-bond acceptors (Lipinski definition) is 4. The molecule has 2 amide bonds. The highest BCUT2D eigenvalue weighted by Gasteiger charge is 2.31. The third-order valence-corrected chi connectivity index (χ3v) is 4.77. The van der Waals surface area contributed by atoms with Crippen LogP contribution in [0.4, 0.5) is 0 Å². The van der Waals surface area contributed by atoms with Crippen LogP contribution >= 0.6 is 0 Å². The first-order valence-electron chi connectivity index (χ1n) is 7.35. The van der Waals surface area contributed by atoms with Crippen LogP contribution in [0.2, 0.25) is 0 Å². The number of rotatable bonds is 4. The summed E-state index contributed by atoms with van der Waals surface area (Å²) in [6.07, 6.45) is 3.97. The van der Waals surface area contributed by atoms with Gasteiger partial charge in [-0.1, -0.05) is 0 Å². The summed E-state index contributed by atoms with van der Waals surface area (Å²) < 4.78 is 24.8. The molecule has 0 aromatic heterocycles. The maximum atomic E-state index is 12.4. The highest BCUT2D eigenvalue weighted by atomic mass is 32.2. The summed E-state index contributed by atoms with van der Waals surface area (Å²) in [6.45, 7) is 2.11. The lowest BCUT2D eigenvalue weighted by molar-refractivity contribution is -0.139. The molecule has 8 heteroatoms. The molecule has 2 aliphatic heterocycles. The quantitative estimate of drug-likeness (QED) is 0.717. The number of sulfonamides is 1. The fourth-order valence-electron chi connectivity index (χ4n) is 2.90. The highest BCUT2D eigenvalue weighted by Crippen LogP contribution is 2.21. The molecule has 2 fully saturated rings. The van der Waals surface area contributed by atoms with Crippen molar-refractivity contribution in [2.24, 2.45) is 11.8 Å². The van der Waals surface area contributed by atoms with Gasteiger partial charge in [0.15, 0.2) is 0 Å². The average molecular weight is 317 g/mol. The van der Waals surface area contributed by atoms with Gasteiger partial charge in [0.1, 0.15) is 0 Å². The third kappa shape index (κ3) is 4.96. The molecule has 0 aromatic carbocycles. The van der Waals surface area contributed by atoms with Crippen LogP contribution in [-0.4, -0.2) is 57.6 Å². The molecule has 2 atom stereocenters. The van der Waals surface area contributed by atoms with Crippen molar-refractivity contribution in [3.8, 4) is 0 Å². The van der Waals surface area contributed by atoms with Gasteiger partial charge in [-0.2, -0.15) is 0 Å². The van der Waals surface area contributed by atoms with Crippen LogP contribution in [0.25, 0.3) is 0 Å². The van der Waals surface area contributed by atoms with E-state index in [4.69, 9.17) is 0 Å². The third-order valence-electron chi connectivity index (χ3n) is 4.08. The summed E-state index contributed by atoms with van der Waals surface area (Å²) in [7, 11) is -3.19. The molecule has 0 spiro atoms. The zero-order chi connectivity index (χ0) is 15.5. The van der Waals surface area contributed by atoms with Crippen molar-refractivity contribution < 1.29 is 18.0 Å². The Hall–Kier alpha value is -1.15. The fraction of sp³-hybridized carbons (Fsp3) is 0.846. The number of nitrogens with one attached hydrogen (secondary N) is 2. The molecule has 0 aromatic rings. The van der Waals surface area contributed by atoms with Gasteiger partial charge in [-0.15, -0.1) is 0 Å². The predicted octanol–water partition coefficient (Wildman–Crippen LogP) is -0.700. The highest BCUT2D eigenvalue weighted by molar-refractivity contribution is 7.88. The van der Waals surface area contributed by atoms with Gasteiger partial charge in [0.05, 0.1) is 12.2 Å². The van der Waals surface area contributed by atoms with Crippen LogP contribution in [0.1, 0.15) is 25.7 Å². The van der Waals surface area contributed by atoms with E-state index in [-0.39, 0.29) is 23.7 Å². The second kappa shape index (κ2) is 6.74. The van der Waals surface area contributed by atoms with Crippen molar-refractivity contribution in [1.82, 2.24) is 14.9 Å². The Balaban J connectivity index is 1.85. The van der Waals surface area contributed by atoms with Crippen molar-refractivity contribution in [1.29, 1.82) is 0 Å². The van der Waals surface area contributed by atoms with E-state index in [0.717, 1.165) is 25.6 Å². The van der Waals surface area contributed by atoms with Crippen molar-refractivity contribution in [3.63, 3.8) is 0 Å². The van der Waals surface area contributed by atoms with Gasteiger partial charge in [-0.3, -0.25) is 9.59 Å². The van der Waals surface area contributed by atoms with E-state index in [2.05, 4.69) is 10.0 Å². The van der Waals surface area contributed by atoms with Gasteiger partial charge in [-0.05, 0) is 25.2 Å². The molecule has 2 aliphatic rings. The van der Waals surface area contributed by atoms with Crippen molar-refractivity contribution >= 4 is 21.8 Å². The van der Waals surface area contributed by atoms with E-state index >= 15 is 0 Å². The lowest BCUT2D eigenvalue weighted by Gasteiger charge is -2.35. The molecule has 0 saturated carbocycles. The average Bonchev–Trinajstić information content (AvgIpc) is 2.45. The van der Waals surface area contributed by atoms with Crippen LogP contribution in [0.15, 0.2) is 0 Å². The maximum Gasteiger partial charge on any atom is 0.227 e. The Morgan fingerprint density at radius 1 is 1.43 bits per heavy atom. The van der Waals surface area contributed by atoms with Crippen LogP contribution in [0.5, 0.6) is 0 Å². The number of hydrogen-bond donors (Lipinski definition) is 2. The van der Waals surface area contributed by atoms with Crippen molar-refractivity contribution in [2.45, 2.75) is 25.7 Å². The number of nitrogens with zero attached hydrogens (tertiary/aromatic N) is 1. The maximum absolute atomic E-state index is 12.4. The van der Waals surface area contributed by atoms with Gasteiger partial charge < -0.3 is 10.2 Å². The first-order chi connectivity index (χ1) is 9.85. The van der Waals surface area contributed by atoms with Crippen LogP contribution in [-0.2, 0) is 19.6 Å². The topological polar surface area (TPSA) is 95.6 Å². The number of amides is 2. The molecular formula is C13H23N3O4S. The van der Waals surface area contributed by atoms with Crippen LogP contribution < -0.4 is 10.0 Å². The van der Waals surface area contributed by atoms with E-state index in [1.54, 1.807) is 0 Å². The normalized spacial score (nSPS) is 27.3. The predicted molar refractivity (Wildman–Crippen MR) is 77.9 cm³/mol. The molecule has 2 N–H and O–H groups in total.